The molecule has 5 atom stereocenters. The monoisotopic (exact) mass is 181 g/mol. The van der Waals surface area contributed by atoms with Crippen molar-refractivity contribution in [2.24, 2.45) is 28.4 Å². The molecule has 0 heterocycles. The second-order valence-electron chi connectivity index (χ2n) is 5.35. The van der Waals surface area contributed by atoms with Crippen molar-refractivity contribution >= 4 is 0 Å². The van der Waals surface area contributed by atoms with E-state index in [4.69, 9.17) is 5.73 Å². The third kappa shape index (κ3) is 0.823. The van der Waals surface area contributed by atoms with Crippen LogP contribution in [0.1, 0.15) is 47.0 Å². The summed E-state index contributed by atoms with van der Waals surface area (Å²) < 4.78 is 0. The number of nitrogens with two attached hydrogens (primary N) is 1. The third-order valence-electron chi connectivity index (χ3n) is 5.43. The highest BCUT2D eigenvalue weighted by Gasteiger charge is 2.82. The van der Waals surface area contributed by atoms with Crippen molar-refractivity contribution < 1.29 is 0 Å². The van der Waals surface area contributed by atoms with Gasteiger partial charge < -0.3 is 5.73 Å². The second kappa shape index (κ2) is 2.50. The molecule has 1 heteroatoms. The first-order valence-electron chi connectivity index (χ1n) is 5.82. The van der Waals surface area contributed by atoms with Crippen molar-refractivity contribution in [1.82, 2.24) is 0 Å². The molecule has 2 aliphatic rings. The Morgan fingerprint density at radius 3 is 2.23 bits per heavy atom. The van der Waals surface area contributed by atoms with Gasteiger partial charge in [-0.25, -0.2) is 0 Å². The summed E-state index contributed by atoms with van der Waals surface area (Å²) in [5, 5.41) is 0. The number of hydrogen-bond acceptors (Lipinski definition) is 1. The maximum atomic E-state index is 6.15. The van der Waals surface area contributed by atoms with Gasteiger partial charge in [0.15, 0.2) is 0 Å². The Balaban J connectivity index is 2.15. The summed E-state index contributed by atoms with van der Waals surface area (Å²) in [5.41, 5.74) is 7.36. The van der Waals surface area contributed by atoms with Crippen LogP contribution in [0, 0.1) is 22.7 Å². The van der Waals surface area contributed by atoms with Gasteiger partial charge in [-0.2, -0.15) is 0 Å². The zero-order valence-corrected chi connectivity index (χ0v) is 9.43. The first kappa shape index (κ1) is 9.51. The van der Waals surface area contributed by atoms with Crippen LogP contribution in [0.4, 0.5) is 0 Å². The molecule has 2 fully saturated rings. The van der Waals surface area contributed by atoms with Crippen LogP contribution in [-0.2, 0) is 0 Å². The molecule has 0 aromatic heterocycles. The molecule has 2 rings (SSSR count). The zero-order chi connectivity index (χ0) is 9.85. The molecule has 2 aliphatic carbocycles. The van der Waals surface area contributed by atoms with Gasteiger partial charge in [0.2, 0.25) is 0 Å². The van der Waals surface area contributed by atoms with Crippen LogP contribution in [0.25, 0.3) is 0 Å². The van der Waals surface area contributed by atoms with Gasteiger partial charge in [0.05, 0.1) is 0 Å². The van der Waals surface area contributed by atoms with Gasteiger partial charge in [-0.1, -0.05) is 34.1 Å². The fourth-order valence-electron chi connectivity index (χ4n) is 4.03. The molecule has 0 aromatic carbocycles. The minimum atomic E-state index is 0.515. The molecule has 2 saturated carbocycles. The van der Waals surface area contributed by atoms with E-state index in [-0.39, 0.29) is 0 Å². The minimum absolute atomic E-state index is 0.515. The highest BCUT2D eigenvalue weighted by atomic mass is 15.0. The van der Waals surface area contributed by atoms with Gasteiger partial charge in [-0.15, -0.1) is 0 Å². The molecule has 5 unspecified atom stereocenters. The van der Waals surface area contributed by atoms with Crippen molar-refractivity contribution in [2.45, 2.75) is 53.0 Å². The van der Waals surface area contributed by atoms with Crippen molar-refractivity contribution in [3.8, 4) is 0 Å². The quantitative estimate of drug-likeness (QED) is 0.712. The fourth-order valence-corrected chi connectivity index (χ4v) is 4.03. The van der Waals surface area contributed by atoms with Crippen LogP contribution in [0.3, 0.4) is 0 Å². The van der Waals surface area contributed by atoms with Gasteiger partial charge in [0.1, 0.15) is 0 Å². The number of rotatable bonds is 3. The molecule has 1 spiro atoms. The Morgan fingerprint density at radius 1 is 1.46 bits per heavy atom. The summed E-state index contributed by atoms with van der Waals surface area (Å²) in [6.07, 6.45) is 4.06. The fraction of sp³-hybridized carbons (Fsp3) is 1.00. The molecule has 0 amide bonds. The molecule has 1 nitrogen and oxygen atoms in total. The molecule has 0 bridgehead atoms. The lowest BCUT2D eigenvalue weighted by atomic mass is 9.82. The van der Waals surface area contributed by atoms with E-state index in [2.05, 4.69) is 27.7 Å². The Hall–Kier alpha value is -0.0400. The zero-order valence-electron chi connectivity index (χ0n) is 9.43. The van der Waals surface area contributed by atoms with Gasteiger partial charge in [-0.05, 0) is 35.5 Å². The smallest absolute Gasteiger partial charge is 0.0136 e. The van der Waals surface area contributed by atoms with Gasteiger partial charge >= 0.3 is 0 Å². The van der Waals surface area contributed by atoms with E-state index >= 15 is 0 Å². The molecule has 0 saturated heterocycles. The standard InChI is InChI=1S/C12H23N/c1-5-8(3)11(6-2)7-12(11)9(4)10(12)13/h8-10H,5-7,13H2,1-4H3. The first-order chi connectivity index (χ1) is 6.06. The average molecular weight is 181 g/mol. The average Bonchev–Trinajstić information content (AvgIpc) is 2.98. The molecule has 2 N–H and O–H groups in total. The Kier molecular flexibility index (Phi) is 1.83. The number of hydrogen-bond donors (Lipinski definition) is 1. The van der Waals surface area contributed by atoms with E-state index in [1.807, 2.05) is 0 Å². The van der Waals surface area contributed by atoms with Crippen LogP contribution in [-0.4, -0.2) is 6.04 Å². The van der Waals surface area contributed by atoms with Crippen LogP contribution in [0.15, 0.2) is 0 Å². The van der Waals surface area contributed by atoms with Crippen molar-refractivity contribution in [3.63, 3.8) is 0 Å². The molecule has 76 valence electrons. The van der Waals surface area contributed by atoms with E-state index in [9.17, 15) is 0 Å². The van der Waals surface area contributed by atoms with E-state index < -0.39 is 0 Å². The highest BCUT2D eigenvalue weighted by molar-refractivity contribution is 5.33. The SMILES string of the molecule is CCC(C)C1(CC)CC12C(C)C2N. The molecule has 0 aliphatic heterocycles. The summed E-state index contributed by atoms with van der Waals surface area (Å²) in [7, 11) is 0. The highest BCUT2D eigenvalue weighted by Crippen LogP contribution is 2.84. The lowest BCUT2D eigenvalue weighted by Gasteiger charge is -2.22. The lowest BCUT2D eigenvalue weighted by Crippen LogP contribution is -2.17. The third-order valence-corrected chi connectivity index (χ3v) is 5.43. The maximum Gasteiger partial charge on any atom is 0.0136 e. The van der Waals surface area contributed by atoms with E-state index in [0.717, 1.165) is 11.8 Å². The van der Waals surface area contributed by atoms with Crippen molar-refractivity contribution in [1.29, 1.82) is 0 Å². The molecular formula is C12H23N. The van der Waals surface area contributed by atoms with Gasteiger partial charge in [0, 0.05) is 6.04 Å². The molecule has 0 aromatic rings. The summed E-state index contributed by atoms with van der Waals surface area (Å²) in [5.74, 6) is 1.66. The summed E-state index contributed by atoms with van der Waals surface area (Å²) in [6.45, 7) is 9.41. The van der Waals surface area contributed by atoms with Gasteiger partial charge in [-0.3, -0.25) is 0 Å². The summed E-state index contributed by atoms with van der Waals surface area (Å²) >= 11 is 0. The molecule has 13 heavy (non-hydrogen) atoms. The van der Waals surface area contributed by atoms with Crippen LogP contribution in [0.5, 0.6) is 0 Å². The van der Waals surface area contributed by atoms with Crippen molar-refractivity contribution in [3.05, 3.63) is 0 Å². The topological polar surface area (TPSA) is 26.0 Å². The second-order valence-corrected chi connectivity index (χ2v) is 5.35. The van der Waals surface area contributed by atoms with Crippen molar-refractivity contribution in [2.75, 3.05) is 0 Å². The summed E-state index contributed by atoms with van der Waals surface area (Å²) in [6, 6.07) is 0.515. The van der Waals surface area contributed by atoms with E-state index in [1.165, 1.54) is 19.3 Å². The Morgan fingerprint density at radius 2 is 2.00 bits per heavy atom. The van der Waals surface area contributed by atoms with E-state index in [1.54, 1.807) is 0 Å². The lowest BCUT2D eigenvalue weighted by molar-refractivity contribution is 0.267. The predicted molar refractivity (Wildman–Crippen MR) is 56.4 cm³/mol. The predicted octanol–water partition coefficient (Wildman–Crippen LogP) is 2.80. The Bertz CT molecular complexity index is 215. The van der Waals surface area contributed by atoms with Crippen LogP contribution < -0.4 is 5.73 Å². The largest absolute Gasteiger partial charge is 0.327 e. The van der Waals surface area contributed by atoms with Crippen LogP contribution >= 0.6 is 0 Å². The first-order valence-corrected chi connectivity index (χ1v) is 5.82. The maximum absolute atomic E-state index is 6.15. The van der Waals surface area contributed by atoms with Gasteiger partial charge in [0.25, 0.3) is 0 Å². The molecule has 0 radical (unpaired) electrons. The minimum Gasteiger partial charge on any atom is -0.327 e. The normalized spacial score (nSPS) is 55.2. The summed E-state index contributed by atoms with van der Waals surface area (Å²) in [4.78, 5) is 0. The van der Waals surface area contributed by atoms with E-state index in [0.29, 0.717) is 16.9 Å². The van der Waals surface area contributed by atoms with Crippen LogP contribution in [0.2, 0.25) is 0 Å². The molecular weight excluding hydrogens is 158 g/mol. The Labute approximate surface area is 82.1 Å².